The van der Waals surface area contributed by atoms with Gasteiger partial charge in [-0.15, -0.1) is 0 Å². The molecule has 0 nitrogen and oxygen atoms in total. The Bertz CT molecular complexity index is 78.6. The second-order valence-electron chi connectivity index (χ2n) is 1.75. The molecule has 1 atom stereocenters. The highest BCUT2D eigenvalue weighted by atomic mass is 33.1. The molecule has 0 fully saturated rings. The van der Waals surface area contributed by atoms with Crippen molar-refractivity contribution in [1.82, 2.24) is 0 Å². The molecule has 0 aliphatic carbocycles. The van der Waals surface area contributed by atoms with Gasteiger partial charge in [-0.05, 0) is 20.1 Å². The molecule has 0 bridgehead atoms. The van der Waals surface area contributed by atoms with Crippen LogP contribution in [-0.2, 0) is 0 Å². The molecular formula is C6H12S2. The molecule has 0 aliphatic rings. The molecule has 0 amide bonds. The Kier molecular flexibility index (Phi) is 4.57. The van der Waals surface area contributed by atoms with Gasteiger partial charge in [0.05, 0.1) is 0 Å². The van der Waals surface area contributed by atoms with E-state index in [2.05, 4.69) is 26.7 Å². The van der Waals surface area contributed by atoms with Crippen molar-refractivity contribution in [3.05, 3.63) is 12.2 Å². The van der Waals surface area contributed by atoms with Crippen LogP contribution in [0.2, 0.25) is 0 Å². The maximum atomic E-state index is 3.84. The lowest BCUT2D eigenvalue weighted by atomic mass is 10.3. The smallest absolute Gasteiger partial charge is 0.0326 e. The second-order valence-corrected chi connectivity index (χ2v) is 4.56. The van der Waals surface area contributed by atoms with Gasteiger partial charge in [-0.2, -0.15) is 0 Å². The Balaban J connectivity index is 3.32. The van der Waals surface area contributed by atoms with Crippen molar-refractivity contribution in [1.29, 1.82) is 0 Å². The van der Waals surface area contributed by atoms with Crippen molar-refractivity contribution in [2.24, 2.45) is 0 Å². The van der Waals surface area contributed by atoms with Gasteiger partial charge in [-0.25, -0.2) is 0 Å². The molecule has 0 saturated heterocycles. The average molecular weight is 148 g/mol. The van der Waals surface area contributed by atoms with Crippen molar-refractivity contribution >= 4 is 21.6 Å². The minimum absolute atomic E-state index is 0.602. The molecule has 0 aliphatic heterocycles. The van der Waals surface area contributed by atoms with Gasteiger partial charge < -0.3 is 0 Å². The summed E-state index contributed by atoms with van der Waals surface area (Å²) in [6, 6.07) is 0. The summed E-state index contributed by atoms with van der Waals surface area (Å²) in [6.07, 6.45) is 2.09. The lowest BCUT2D eigenvalue weighted by Gasteiger charge is -2.05. The van der Waals surface area contributed by atoms with Crippen LogP contribution in [0.5, 0.6) is 0 Å². The Morgan fingerprint density at radius 1 is 1.62 bits per heavy atom. The van der Waals surface area contributed by atoms with E-state index in [-0.39, 0.29) is 0 Å². The Hall–Kier alpha value is 0.440. The second kappa shape index (κ2) is 4.33. The molecule has 0 radical (unpaired) electrons. The summed E-state index contributed by atoms with van der Waals surface area (Å²) in [4.78, 5) is 0. The summed E-state index contributed by atoms with van der Waals surface area (Å²) in [7, 11) is 3.65. The standard InChI is InChI=1S/C6H12S2/c1-5(2)6(3)8-7-4/h6H,1H2,2-4H3. The lowest BCUT2D eigenvalue weighted by molar-refractivity contribution is 1.14. The molecule has 0 aromatic rings. The van der Waals surface area contributed by atoms with Crippen molar-refractivity contribution in [3.63, 3.8) is 0 Å². The molecule has 8 heavy (non-hydrogen) atoms. The molecule has 0 rings (SSSR count). The predicted molar refractivity (Wildman–Crippen MR) is 45.4 cm³/mol. The molecule has 0 aromatic carbocycles. The van der Waals surface area contributed by atoms with E-state index in [1.54, 1.807) is 10.8 Å². The van der Waals surface area contributed by atoms with Crippen molar-refractivity contribution in [2.75, 3.05) is 6.26 Å². The third-order valence-electron chi connectivity index (χ3n) is 0.935. The van der Waals surface area contributed by atoms with E-state index >= 15 is 0 Å². The molecule has 0 heterocycles. The van der Waals surface area contributed by atoms with Gasteiger partial charge in [-0.3, -0.25) is 0 Å². The van der Waals surface area contributed by atoms with E-state index in [0.717, 1.165) is 0 Å². The first kappa shape index (κ1) is 8.44. The molecule has 0 saturated carbocycles. The SMILES string of the molecule is C=C(C)C(C)SSC. The third kappa shape index (κ3) is 3.44. The number of rotatable bonds is 3. The molecule has 1 unspecified atom stereocenters. The zero-order valence-electron chi connectivity index (χ0n) is 5.60. The van der Waals surface area contributed by atoms with Gasteiger partial charge in [0.2, 0.25) is 0 Å². The Labute approximate surface area is 59.5 Å². The Morgan fingerprint density at radius 2 is 2.12 bits per heavy atom. The lowest BCUT2D eigenvalue weighted by Crippen LogP contribution is -1.92. The highest BCUT2D eigenvalue weighted by Crippen LogP contribution is 2.26. The van der Waals surface area contributed by atoms with Gasteiger partial charge in [0, 0.05) is 5.25 Å². The molecule has 0 N–H and O–H groups in total. The van der Waals surface area contributed by atoms with Gasteiger partial charge >= 0.3 is 0 Å². The zero-order chi connectivity index (χ0) is 6.57. The molecule has 0 aromatic heterocycles. The quantitative estimate of drug-likeness (QED) is 0.446. The monoisotopic (exact) mass is 148 g/mol. The summed E-state index contributed by atoms with van der Waals surface area (Å²) >= 11 is 0. The molecule has 48 valence electrons. The maximum Gasteiger partial charge on any atom is 0.0326 e. The van der Waals surface area contributed by atoms with Crippen molar-refractivity contribution in [2.45, 2.75) is 19.1 Å². The first-order valence-corrected chi connectivity index (χ1v) is 5.15. The van der Waals surface area contributed by atoms with E-state index in [9.17, 15) is 0 Å². The van der Waals surface area contributed by atoms with Gasteiger partial charge in [0.15, 0.2) is 0 Å². The fourth-order valence-corrected chi connectivity index (χ4v) is 2.04. The summed E-state index contributed by atoms with van der Waals surface area (Å²) in [5.41, 5.74) is 1.25. The topological polar surface area (TPSA) is 0 Å². The summed E-state index contributed by atoms with van der Waals surface area (Å²) in [6.45, 7) is 8.07. The van der Waals surface area contributed by atoms with Crippen LogP contribution >= 0.6 is 21.6 Å². The molecule has 0 spiro atoms. The van der Waals surface area contributed by atoms with E-state index in [1.165, 1.54) is 5.57 Å². The average Bonchev–Trinajstić information content (AvgIpc) is 1.67. The van der Waals surface area contributed by atoms with E-state index < -0.39 is 0 Å². The number of hydrogen-bond donors (Lipinski definition) is 0. The van der Waals surface area contributed by atoms with Crippen molar-refractivity contribution in [3.8, 4) is 0 Å². The zero-order valence-corrected chi connectivity index (χ0v) is 7.23. The van der Waals surface area contributed by atoms with Crippen LogP contribution in [0.4, 0.5) is 0 Å². The first-order valence-electron chi connectivity index (χ1n) is 2.53. The number of hydrogen-bond acceptors (Lipinski definition) is 2. The third-order valence-corrected chi connectivity index (χ3v) is 3.26. The normalized spacial score (nSPS) is 13.4. The van der Waals surface area contributed by atoms with Crippen LogP contribution in [0.25, 0.3) is 0 Å². The van der Waals surface area contributed by atoms with Crippen LogP contribution in [0.3, 0.4) is 0 Å². The highest BCUT2D eigenvalue weighted by Gasteiger charge is 1.99. The van der Waals surface area contributed by atoms with Crippen LogP contribution in [0.1, 0.15) is 13.8 Å². The van der Waals surface area contributed by atoms with E-state index in [4.69, 9.17) is 0 Å². The van der Waals surface area contributed by atoms with Crippen LogP contribution < -0.4 is 0 Å². The van der Waals surface area contributed by atoms with Gasteiger partial charge in [0.1, 0.15) is 0 Å². The fourth-order valence-electron chi connectivity index (χ4n) is 0.226. The summed E-state index contributed by atoms with van der Waals surface area (Å²) in [5, 5.41) is 0.602. The van der Waals surface area contributed by atoms with E-state index in [1.807, 2.05) is 10.8 Å². The van der Waals surface area contributed by atoms with Crippen LogP contribution in [0, 0.1) is 0 Å². The molecule has 2 heteroatoms. The molecular weight excluding hydrogens is 136 g/mol. The predicted octanol–water partition coefficient (Wildman–Crippen LogP) is 2.96. The van der Waals surface area contributed by atoms with Gasteiger partial charge in [-0.1, -0.05) is 33.7 Å². The largest absolute Gasteiger partial charge is 0.0990 e. The van der Waals surface area contributed by atoms with Gasteiger partial charge in [0.25, 0.3) is 0 Å². The summed E-state index contributed by atoms with van der Waals surface area (Å²) < 4.78 is 0. The van der Waals surface area contributed by atoms with Crippen LogP contribution in [-0.4, -0.2) is 11.5 Å². The minimum Gasteiger partial charge on any atom is -0.0990 e. The van der Waals surface area contributed by atoms with E-state index in [0.29, 0.717) is 5.25 Å². The fraction of sp³-hybridized carbons (Fsp3) is 0.667. The maximum absolute atomic E-state index is 3.84. The Morgan fingerprint density at radius 3 is 2.25 bits per heavy atom. The first-order chi connectivity index (χ1) is 3.68. The van der Waals surface area contributed by atoms with Crippen LogP contribution in [0.15, 0.2) is 12.2 Å². The van der Waals surface area contributed by atoms with Crippen molar-refractivity contribution < 1.29 is 0 Å². The highest BCUT2D eigenvalue weighted by molar-refractivity contribution is 8.76. The summed E-state index contributed by atoms with van der Waals surface area (Å²) in [5.74, 6) is 0. The minimum atomic E-state index is 0.602.